The molecule has 5 nitrogen and oxygen atoms in total. The van der Waals surface area contributed by atoms with Gasteiger partial charge < -0.3 is 15.3 Å². The van der Waals surface area contributed by atoms with Crippen molar-refractivity contribution in [2.75, 3.05) is 13.1 Å². The number of nitrogens with zero attached hydrogens (tertiary/aromatic N) is 1. The summed E-state index contributed by atoms with van der Waals surface area (Å²) in [7, 11) is 0. The topological polar surface area (TPSA) is 69.6 Å². The molecule has 23 heavy (non-hydrogen) atoms. The third kappa shape index (κ3) is 4.54. The van der Waals surface area contributed by atoms with Crippen molar-refractivity contribution in [1.82, 2.24) is 10.2 Å². The van der Waals surface area contributed by atoms with Crippen LogP contribution in [-0.4, -0.2) is 41.0 Å². The Bertz CT molecular complexity index is 528. The minimum Gasteiger partial charge on any atom is -0.384 e. The molecule has 1 aliphatic heterocycles. The number of nitrogens with one attached hydrogen (secondary N) is 1. The van der Waals surface area contributed by atoms with E-state index in [4.69, 9.17) is 0 Å². The van der Waals surface area contributed by atoms with Crippen molar-refractivity contribution in [2.24, 2.45) is 0 Å². The van der Waals surface area contributed by atoms with Crippen LogP contribution in [-0.2, 0) is 15.2 Å². The van der Waals surface area contributed by atoms with Gasteiger partial charge in [-0.25, -0.2) is 0 Å². The first-order valence-corrected chi connectivity index (χ1v) is 9.22. The molecule has 2 amide bonds. The molecule has 0 bridgehead atoms. The Morgan fingerprint density at radius 1 is 1.48 bits per heavy atom. The van der Waals surface area contributed by atoms with Crippen LogP contribution in [0.2, 0.25) is 0 Å². The standard InChI is InChI=1S/C17H26N2O3S/c1-3-6-15(20)19-9-5-4-7-14(19)16(21)18-12-17(2,22)13-8-10-23-11-13/h8,10-11,14,22H,3-7,9,12H2,1-2H3,(H,18,21). The number of hydrogen-bond acceptors (Lipinski definition) is 4. The van der Waals surface area contributed by atoms with Crippen molar-refractivity contribution in [3.63, 3.8) is 0 Å². The molecule has 1 aromatic heterocycles. The van der Waals surface area contributed by atoms with Crippen molar-refractivity contribution in [1.29, 1.82) is 0 Å². The Kier molecular flexibility index (Phi) is 6.18. The number of piperidine rings is 1. The number of carbonyl (C=O) groups is 2. The fourth-order valence-corrected chi connectivity index (χ4v) is 3.69. The number of rotatable bonds is 6. The van der Waals surface area contributed by atoms with Gasteiger partial charge in [0.2, 0.25) is 11.8 Å². The Labute approximate surface area is 141 Å². The average Bonchev–Trinajstić information content (AvgIpc) is 3.08. The highest BCUT2D eigenvalue weighted by molar-refractivity contribution is 7.08. The van der Waals surface area contributed by atoms with Crippen LogP contribution in [0.1, 0.15) is 51.5 Å². The highest BCUT2D eigenvalue weighted by Gasteiger charge is 2.33. The van der Waals surface area contributed by atoms with Crippen molar-refractivity contribution in [2.45, 2.75) is 57.6 Å². The molecule has 1 fully saturated rings. The van der Waals surface area contributed by atoms with E-state index in [1.54, 1.807) is 11.8 Å². The molecule has 1 saturated heterocycles. The SMILES string of the molecule is CCCC(=O)N1CCCCC1C(=O)NCC(C)(O)c1ccsc1. The first kappa shape index (κ1) is 17.9. The second-order valence-electron chi connectivity index (χ2n) is 6.35. The molecule has 1 aromatic rings. The fourth-order valence-electron chi connectivity index (χ4n) is 2.91. The van der Waals surface area contributed by atoms with Crippen molar-refractivity contribution >= 4 is 23.2 Å². The minimum absolute atomic E-state index is 0.0527. The van der Waals surface area contributed by atoms with Crippen LogP contribution in [0.4, 0.5) is 0 Å². The summed E-state index contributed by atoms with van der Waals surface area (Å²) >= 11 is 1.51. The predicted molar refractivity (Wildman–Crippen MR) is 91.2 cm³/mol. The molecule has 0 radical (unpaired) electrons. The monoisotopic (exact) mass is 338 g/mol. The largest absolute Gasteiger partial charge is 0.384 e. The van der Waals surface area contributed by atoms with Crippen molar-refractivity contribution < 1.29 is 14.7 Å². The van der Waals surface area contributed by atoms with Crippen LogP contribution < -0.4 is 5.32 Å². The quantitative estimate of drug-likeness (QED) is 0.836. The van der Waals surface area contributed by atoms with E-state index < -0.39 is 11.6 Å². The molecule has 2 heterocycles. The number of amides is 2. The fraction of sp³-hybridized carbons (Fsp3) is 0.647. The molecule has 2 N–H and O–H groups in total. The van der Waals surface area contributed by atoms with Gasteiger partial charge in [0.05, 0.1) is 6.54 Å². The maximum atomic E-state index is 12.5. The third-order valence-electron chi connectivity index (χ3n) is 4.34. The summed E-state index contributed by atoms with van der Waals surface area (Å²) in [6.45, 7) is 4.46. The molecule has 0 saturated carbocycles. The lowest BCUT2D eigenvalue weighted by Gasteiger charge is -2.35. The van der Waals surface area contributed by atoms with Gasteiger partial charge >= 0.3 is 0 Å². The lowest BCUT2D eigenvalue weighted by molar-refractivity contribution is -0.142. The van der Waals surface area contributed by atoms with E-state index in [1.165, 1.54) is 11.3 Å². The van der Waals surface area contributed by atoms with E-state index in [1.807, 2.05) is 23.8 Å². The number of aliphatic hydroxyl groups is 1. The van der Waals surface area contributed by atoms with E-state index >= 15 is 0 Å². The zero-order valence-corrected chi connectivity index (χ0v) is 14.7. The van der Waals surface area contributed by atoms with Crippen LogP contribution in [0.25, 0.3) is 0 Å². The van der Waals surface area contributed by atoms with Gasteiger partial charge in [0.15, 0.2) is 0 Å². The maximum absolute atomic E-state index is 12.5. The third-order valence-corrected chi connectivity index (χ3v) is 5.02. The molecule has 6 heteroatoms. The summed E-state index contributed by atoms with van der Waals surface area (Å²) in [4.78, 5) is 26.4. The summed E-state index contributed by atoms with van der Waals surface area (Å²) in [5, 5.41) is 17.1. The molecule has 0 spiro atoms. The normalized spacial score (nSPS) is 20.8. The number of thiophene rings is 1. The summed E-state index contributed by atoms with van der Waals surface area (Å²) in [6.07, 6.45) is 3.87. The van der Waals surface area contributed by atoms with Crippen LogP contribution in [0.15, 0.2) is 16.8 Å². The van der Waals surface area contributed by atoms with Gasteiger partial charge in [-0.15, -0.1) is 0 Å². The van der Waals surface area contributed by atoms with Gasteiger partial charge in [-0.2, -0.15) is 11.3 Å². The molecule has 1 aliphatic rings. The van der Waals surface area contributed by atoms with Crippen LogP contribution in [0.5, 0.6) is 0 Å². The summed E-state index contributed by atoms with van der Waals surface area (Å²) in [5.41, 5.74) is -0.298. The van der Waals surface area contributed by atoms with Gasteiger partial charge in [-0.05, 0) is 55.0 Å². The highest BCUT2D eigenvalue weighted by atomic mass is 32.1. The van der Waals surface area contributed by atoms with E-state index in [0.29, 0.717) is 19.4 Å². The lowest BCUT2D eigenvalue weighted by Crippen LogP contribution is -2.53. The zero-order chi connectivity index (χ0) is 16.9. The second kappa shape index (κ2) is 7.93. The first-order valence-electron chi connectivity index (χ1n) is 8.28. The van der Waals surface area contributed by atoms with Crippen LogP contribution >= 0.6 is 11.3 Å². The van der Waals surface area contributed by atoms with Crippen LogP contribution in [0, 0.1) is 0 Å². The van der Waals surface area contributed by atoms with Gasteiger partial charge in [0.25, 0.3) is 0 Å². The summed E-state index contributed by atoms with van der Waals surface area (Å²) in [5.74, 6) is -0.110. The molecule has 2 atom stereocenters. The first-order chi connectivity index (χ1) is 11.0. The number of likely N-dealkylation sites (tertiary alicyclic amines) is 1. The van der Waals surface area contributed by atoms with Gasteiger partial charge in [-0.1, -0.05) is 6.92 Å². The number of carbonyl (C=O) groups excluding carboxylic acids is 2. The summed E-state index contributed by atoms with van der Waals surface area (Å²) < 4.78 is 0. The maximum Gasteiger partial charge on any atom is 0.242 e. The zero-order valence-electron chi connectivity index (χ0n) is 13.9. The van der Waals surface area contributed by atoms with Gasteiger partial charge in [0.1, 0.15) is 11.6 Å². The molecule has 0 aromatic carbocycles. The Balaban J connectivity index is 1.96. The Hall–Kier alpha value is -1.40. The highest BCUT2D eigenvalue weighted by Crippen LogP contribution is 2.23. The van der Waals surface area contributed by atoms with E-state index in [-0.39, 0.29) is 18.4 Å². The average molecular weight is 338 g/mol. The minimum atomic E-state index is -1.09. The Morgan fingerprint density at radius 3 is 2.91 bits per heavy atom. The van der Waals surface area contributed by atoms with Gasteiger partial charge in [0, 0.05) is 13.0 Å². The Morgan fingerprint density at radius 2 is 2.26 bits per heavy atom. The predicted octanol–water partition coefficient (Wildman–Crippen LogP) is 2.25. The number of hydrogen-bond donors (Lipinski definition) is 2. The van der Waals surface area contributed by atoms with Gasteiger partial charge in [-0.3, -0.25) is 9.59 Å². The van der Waals surface area contributed by atoms with E-state index in [9.17, 15) is 14.7 Å². The summed E-state index contributed by atoms with van der Waals surface area (Å²) in [6, 6.07) is 1.45. The second-order valence-corrected chi connectivity index (χ2v) is 7.13. The molecule has 128 valence electrons. The smallest absolute Gasteiger partial charge is 0.242 e. The van der Waals surface area contributed by atoms with Crippen molar-refractivity contribution in [3.05, 3.63) is 22.4 Å². The molecular weight excluding hydrogens is 312 g/mol. The molecule has 2 rings (SSSR count). The molecule has 0 aliphatic carbocycles. The van der Waals surface area contributed by atoms with E-state index in [2.05, 4.69) is 5.32 Å². The van der Waals surface area contributed by atoms with Crippen molar-refractivity contribution in [3.8, 4) is 0 Å². The van der Waals surface area contributed by atoms with E-state index in [0.717, 1.165) is 24.8 Å². The molecule has 2 unspecified atom stereocenters. The molecular formula is C17H26N2O3S. The van der Waals surface area contributed by atoms with Crippen LogP contribution in [0.3, 0.4) is 0 Å². The lowest BCUT2D eigenvalue weighted by atomic mass is 9.97.